The summed E-state index contributed by atoms with van der Waals surface area (Å²) in [6, 6.07) is 103. The molecule has 0 saturated carbocycles. The highest BCUT2D eigenvalue weighted by Crippen LogP contribution is 2.57. The molecule has 15 rings (SSSR count). The van der Waals surface area contributed by atoms with Crippen LogP contribution in [0.25, 0.3) is 99.5 Å². The average Bonchev–Trinajstić information content (AvgIpc) is 4.25. The molecular formula is C73H47NO2. The van der Waals surface area contributed by atoms with Gasteiger partial charge in [-0.05, 0) is 127 Å². The van der Waals surface area contributed by atoms with Crippen LogP contribution < -0.4 is 4.90 Å². The van der Waals surface area contributed by atoms with Crippen LogP contribution >= 0.6 is 0 Å². The summed E-state index contributed by atoms with van der Waals surface area (Å²) in [6.07, 6.45) is 0. The molecule has 3 heteroatoms. The molecule has 1 aliphatic rings. The average molecular weight is 970 g/mol. The summed E-state index contributed by atoms with van der Waals surface area (Å²) in [4.78, 5) is 2.40. The lowest BCUT2D eigenvalue weighted by atomic mass is 9.68. The molecule has 0 fully saturated rings. The molecule has 0 amide bonds. The summed E-state index contributed by atoms with van der Waals surface area (Å²) in [7, 11) is 0. The van der Waals surface area contributed by atoms with E-state index in [1.165, 1.54) is 33.4 Å². The summed E-state index contributed by atoms with van der Waals surface area (Å²) in [5, 5.41) is 4.52. The Hall–Kier alpha value is -9.96. The Labute approximate surface area is 440 Å². The number of anilines is 3. The van der Waals surface area contributed by atoms with Gasteiger partial charge < -0.3 is 13.7 Å². The lowest BCUT2D eigenvalue weighted by molar-refractivity contribution is 0.669. The van der Waals surface area contributed by atoms with E-state index >= 15 is 0 Å². The molecule has 76 heavy (non-hydrogen) atoms. The Morgan fingerprint density at radius 2 is 0.658 bits per heavy atom. The van der Waals surface area contributed by atoms with E-state index in [1.54, 1.807) is 0 Å². The SMILES string of the molecule is c1ccc(C2(c3ccccc3)c3ccccc3-c3cc(N(c4ccc(-c5cccc(-c6cccc7c6oc6ccccc67)c5)cc4)c4ccc(-c5cccc(-c6cccc7c6oc6ccccc67)c5)cc4)ccc32)cc1. The van der Waals surface area contributed by atoms with Gasteiger partial charge in [0, 0.05) is 49.7 Å². The molecule has 0 radical (unpaired) electrons. The van der Waals surface area contributed by atoms with Gasteiger partial charge in [0.25, 0.3) is 0 Å². The lowest BCUT2D eigenvalue weighted by Crippen LogP contribution is -2.28. The van der Waals surface area contributed by atoms with E-state index in [0.717, 1.165) is 105 Å². The first-order valence-electron chi connectivity index (χ1n) is 26.1. The zero-order valence-electron chi connectivity index (χ0n) is 41.4. The summed E-state index contributed by atoms with van der Waals surface area (Å²) in [6.45, 7) is 0. The quantitative estimate of drug-likeness (QED) is 0.144. The van der Waals surface area contributed by atoms with Crippen LogP contribution in [-0.2, 0) is 5.41 Å². The highest BCUT2D eigenvalue weighted by Gasteiger charge is 2.46. The summed E-state index contributed by atoms with van der Waals surface area (Å²) in [5.41, 5.74) is 22.8. The molecule has 0 saturated heterocycles. The molecule has 1 aliphatic carbocycles. The van der Waals surface area contributed by atoms with Crippen molar-refractivity contribution in [2.24, 2.45) is 0 Å². The smallest absolute Gasteiger partial charge is 0.143 e. The van der Waals surface area contributed by atoms with Crippen molar-refractivity contribution in [2.45, 2.75) is 5.41 Å². The van der Waals surface area contributed by atoms with Gasteiger partial charge in [-0.3, -0.25) is 0 Å². The normalized spacial score (nSPS) is 12.6. The molecule has 2 aromatic heterocycles. The largest absolute Gasteiger partial charge is 0.455 e. The van der Waals surface area contributed by atoms with Crippen LogP contribution in [0.1, 0.15) is 22.3 Å². The minimum absolute atomic E-state index is 0.490. The highest BCUT2D eigenvalue weighted by atomic mass is 16.3. The Morgan fingerprint density at radius 3 is 1.20 bits per heavy atom. The number of hydrogen-bond acceptors (Lipinski definition) is 3. The third-order valence-electron chi connectivity index (χ3n) is 15.8. The number of furan rings is 2. The van der Waals surface area contributed by atoms with Gasteiger partial charge in [0.1, 0.15) is 22.3 Å². The van der Waals surface area contributed by atoms with Gasteiger partial charge in [0.2, 0.25) is 0 Å². The highest BCUT2D eigenvalue weighted by molar-refractivity contribution is 6.11. The van der Waals surface area contributed by atoms with Gasteiger partial charge in [-0.15, -0.1) is 0 Å². The number of hydrogen-bond donors (Lipinski definition) is 0. The van der Waals surface area contributed by atoms with Gasteiger partial charge in [0.15, 0.2) is 0 Å². The van der Waals surface area contributed by atoms with Crippen molar-refractivity contribution in [3.05, 3.63) is 307 Å². The molecule has 0 atom stereocenters. The van der Waals surface area contributed by atoms with Crippen molar-refractivity contribution in [1.82, 2.24) is 0 Å². The molecule has 14 aromatic rings. The first-order chi connectivity index (χ1) is 37.7. The van der Waals surface area contributed by atoms with Crippen molar-refractivity contribution in [1.29, 1.82) is 0 Å². The summed E-state index contributed by atoms with van der Waals surface area (Å²) >= 11 is 0. The molecule has 3 nitrogen and oxygen atoms in total. The van der Waals surface area contributed by atoms with Gasteiger partial charge >= 0.3 is 0 Å². The molecule has 0 aliphatic heterocycles. The van der Waals surface area contributed by atoms with Crippen molar-refractivity contribution >= 4 is 60.9 Å². The number of benzene rings is 12. The lowest BCUT2D eigenvalue weighted by Gasteiger charge is -2.34. The number of nitrogens with zero attached hydrogens (tertiary/aromatic N) is 1. The Bertz CT molecular complexity index is 4270. The number of rotatable bonds is 9. The second-order valence-corrected chi connectivity index (χ2v) is 19.9. The fourth-order valence-electron chi connectivity index (χ4n) is 12.3. The van der Waals surface area contributed by atoms with Crippen molar-refractivity contribution in [3.8, 4) is 55.6 Å². The molecule has 0 spiro atoms. The van der Waals surface area contributed by atoms with Crippen LogP contribution in [0.5, 0.6) is 0 Å². The Morgan fingerprint density at radius 1 is 0.250 bits per heavy atom. The van der Waals surface area contributed by atoms with Gasteiger partial charge in [0.05, 0.1) is 5.41 Å². The predicted molar refractivity (Wildman–Crippen MR) is 315 cm³/mol. The van der Waals surface area contributed by atoms with Crippen molar-refractivity contribution in [2.75, 3.05) is 4.90 Å². The fraction of sp³-hybridized carbons (Fsp3) is 0.0137. The van der Waals surface area contributed by atoms with E-state index in [0.29, 0.717) is 0 Å². The zero-order valence-corrected chi connectivity index (χ0v) is 41.4. The Kier molecular flexibility index (Phi) is 10.1. The third kappa shape index (κ3) is 6.90. The molecule has 356 valence electrons. The standard InChI is InChI=1S/C73H47NO2/c1-3-21-54(22-4-1)73(55-23-5-2-6-24-55)67-32-10-7-25-61(67)66-47-58(43-44-68(66)73)74(56-39-35-48(36-40-56)50-17-13-19-52(45-50)59-28-15-30-64-62-26-8-11-33-69(62)75-71(59)64)57-41-37-49(38-42-57)51-18-14-20-53(46-51)60-29-16-31-65-63-27-9-12-34-70(63)76-72(60)65/h1-47H. The Balaban J connectivity index is 0.844. The minimum Gasteiger partial charge on any atom is -0.455 e. The second-order valence-electron chi connectivity index (χ2n) is 19.9. The molecule has 0 N–H and O–H groups in total. The van der Waals surface area contributed by atoms with E-state index < -0.39 is 5.41 Å². The molecular weight excluding hydrogens is 923 g/mol. The first kappa shape index (κ1) is 43.6. The monoisotopic (exact) mass is 969 g/mol. The molecule has 12 aromatic carbocycles. The maximum Gasteiger partial charge on any atom is 0.143 e. The van der Waals surface area contributed by atoms with Gasteiger partial charge in [-0.2, -0.15) is 0 Å². The first-order valence-corrected chi connectivity index (χ1v) is 26.1. The zero-order chi connectivity index (χ0) is 50.2. The third-order valence-corrected chi connectivity index (χ3v) is 15.8. The van der Waals surface area contributed by atoms with Crippen LogP contribution in [0.4, 0.5) is 17.1 Å². The van der Waals surface area contributed by atoms with E-state index in [1.807, 2.05) is 24.3 Å². The second kappa shape index (κ2) is 17.6. The van der Waals surface area contributed by atoms with E-state index in [-0.39, 0.29) is 0 Å². The van der Waals surface area contributed by atoms with Crippen molar-refractivity contribution in [3.63, 3.8) is 0 Å². The van der Waals surface area contributed by atoms with Gasteiger partial charge in [-0.1, -0.05) is 224 Å². The summed E-state index contributed by atoms with van der Waals surface area (Å²) < 4.78 is 13.0. The van der Waals surface area contributed by atoms with E-state index in [9.17, 15) is 0 Å². The molecule has 2 heterocycles. The molecule has 0 bridgehead atoms. The van der Waals surface area contributed by atoms with Crippen LogP contribution in [0.15, 0.2) is 294 Å². The van der Waals surface area contributed by atoms with Crippen LogP contribution in [-0.4, -0.2) is 0 Å². The van der Waals surface area contributed by atoms with Crippen LogP contribution in [0.2, 0.25) is 0 Å². The number of para-hydroxylation sites is 4. The topological polar surface area (TPSA) is 29.5 Å². The van der Waals surface area contributed by atoms with E-state index in [4.69, 9.17) is 8.83 Å². The van der Waals surface area contributed by atoms with Crippen LogP contribution in [0.3, 0.4) is 0 Å². The molecule has 0 unspecified atom stereocenters. The maximum atomic E-state index is 6.48. The van der Waals surface area contributed by atoms with Crippen LogP contribution in [0, 0.1) is 0 Å². The van der Waals surface area contributed by atoms with E-state index in [2.05, 4.69) is 266 Å². The predicted octanol–water partition coefficient (Wildman–Crippen LogP) is 20.0. The maximum absolute atomic E-state index is 6.48. The fourth-order valence-corrected chi connectivity index (χ4v) is 12.3. The minimum atomic E-state index is -0.490. The number of fused-ring (bicyclic) bond motifs is 9. The van der Waals surface area contributed by atoms with Crippen molar-refractivity contribution < 1.29 is 8.83 Å². The van der Waals surface area contributed by atoms with Gasteiger partial charge in [-0.25, -0.2) is 0 Å². The summed E-state index contributed by atoms with van der Waals surface area (Å²) in [5.74, 6) is 0.